The zero-order valence-corrected chi connectivity index (χ0v) is 16.6. The summed E-state index contributed by atoms with van der Waals surface area (Å²) in [7, 11) is 3.05. The molecule has 152 valence electrons. The first-order valence-electron chi connectivity index (χ1n) is 10.0. The molecule has 1 aliphatic heterocycles. The van der Waals surface area contributed by atoms with E-state index in [1.807, 2.05) is 0 Å². The Hall–Kier alpha value is -2.83. The molecule has 3 fully saturated rings. The highest BCUT2D eigenvalue weighted by atomic mass is 16.5. The summed E-state index contributed by atoms with van der Waals surface area (Å²) < 4.78 is 10.5. The summed E-state index contributed by atoms with van der Waals surface area (Å²) in [6, 6.07) is 4.16. The number of benzene rings is 1. The van der Waals surface area contributed by atoms with Gasteiger partial charge in [0, 0.05) is 6.07 Å². The predicted molar refractivity (Wildman–Crippen MR) is 104 cm³/mol. The van der Waals surface area contributed by atoms with Crippen LogP contribution in [0.15, 0.2) is 30.4 Å². The second-order valence-corrected chi connectivity index (χ2v) is 8.43. The number of nitrogens with zero attached hydrogens (tertiary/aromatic N) is 1. The largest absolute Gasteiger partial charge is 0.497 e. The molecule has 2 bridgehead atoms. The van der Waals surface area contributed by atoms with E-state index in [-0.39, 0.29) is 35.5 Å². The number of carbonyl (C=O) groups excluding carboxylic acids is 3. The van der Waals surface area contributed by atoms with Gasteiger partial charge < -0.3 is 14.8 Å². The average Bonchev–Trinajstić information content (AvgIpc) is 3.51. The first kappa shape index (κ1) is 18.2. The summed E-state index contributed by atoms with van der Waals surface area (Å²) in [4.78, 5) is 40.4. The first-order valence-corrected chi connectivity index (χ1v) is 10.0. The van der Waals surface area contributed by atoms with Crippen molar-refractivity contribution in [3.05, 3.63) is 30.4 Å². The van der Waals surface area contributed by atoms with E-state index in [2.05, 4.69) is 17.5 Å². The highest BCUT2D eigenvalue weighted by Crippen LogP contribution is 2.65. The molecule has 1 heterocycles. The van der Waals surface area contributed by atoms with Gasteiger partial charge in [0.05, 0.1) is 31.7 Å². The summed E-state index contributed by atoms with van der Waals surface area (Å²) in [5.74, 6) is 0.998. The lowest BCUT2D eigenvalue weighted by molar-refractivity contribution is -0.146. The zero-order valence-electron chi connectivity index (χ0n) is 16.6. The zero-order chi connectivity index (χ0) is 20.4. The Morgan fingerprint density at radius 2 is 1.69 bits per heavy atom. The fourth-order valence-electron chi connectivity index (χ4n) is 5.62. The van der Waals surface area contributed by atoms with Crippen molar-refractivity contribution in [1.82, 2.24) is 4.90 Å². The number of nitrogens with one attached hydrogen (secondary N) is 1. The second-order valence-electron chi connectivity index (χ2n) is 8.43. The molecule has 7 heteroatoms. The van der Waals surface area contributed by atoms with Crippen LogP contribution in [0, 0.1) is 35.5 Å². The molecule has 0 aromatic heterocycles. The van der Waals surface area contributed by atoms with E-state index in [1.165, 1.54) is 12.0 Å². The lowest BCUT2D eigenvalue weighted by Crippen LogP contribution is -2.46. The monoisotopic (exact) mass is 396 g/mol. The Kier molecular flexibility index (Phi) is 3.98. The summed E-state index contributed by atoms with van der Waals surface area (Å²) in [6.45, 7) is 1.61. The molecule has 1 N–H and O–H groups in total. The third-order valence-electron chi connectivity index (χ3n) is 7.13. The summed E-state index contributed by atoms with van der Waals surface area (Å²) in [5.41, 5.74) is 0.463. The van der Waals surface area contributed by atoms with Gasteiger partial charge in [0.15, 0.2) is 0 Å². The van der Waals surface area contributed by atoms with Crippen molar-refractivity contribution in [2.24, 2.45) is 35.5 Å². The Labute approximate surface area is 169 Å². The van der Waals surface area contributed by atoms with Crippen molar-refractivity contribution < 1.29 is 23.9 Å². The number of amides is 3. The molecule has 7 nitrogen and oxygen atoms in total. The number of likely N-dealkylation sites (tertiary alicyclic amines) is 1. The van der Waals surface area contributed by atoms with E-state index in [0.29, 0.717) is 29.0 Å². The number of carbonyl (C=O) groups is 3. The Balaban J connectivity index is 1.36. The topological polar surface area (TPSA) is 84.9 Å². The van der Waals surface area contributed by atoms with Crippen molar-refractivity contribution in [2.45, 2.75) is 19.4 Å². The smallest absolute Gasteiger partial charge is 0.247 e. The van der Waals surface area contributed by atoms with Crippen molar-refractivity contribution in [3.63, 3.8) is 0 Å². The molecule has 5 aliphatic rings. The van der Waals surface area contributed by atoms with Gasteiger partial charge in [-0.1, -0.05) is 12.2 Å². The molecule has 4 aliphatic carbocycles. The first-order chi connectivity index (χ1) is 14.0. The van der Waals surface area contributed by atoms with Crippen molar-refractivity contribution >= 4 is 23.4 Å². The van der Waals surface area contributed by atoms with Gasteiger partial charge >= 0.3 is 0 Å². The van der Waals surface area contributed by atoms with Crippen LogP contribution in [0.4, 0.5) is 5.69 Å². The number of rotatable bonds is 5. The molecule has 1 aromatic rings. The van der Waals surface area contributed by atoms with Crippen LogP contribution >= 0.6 is 0 Å². The number of ether oxygens (including phenoxy) is 2. The molecule has 2 saturated carbocycles. The SMILES string of the molecule is COc1ccc(NC(=O)[C@@H](C)N2C(=O)[C@H]3[C@@H]4C=C[C@H]([C@H]5C[C@H]45)[C@@H]3C2=O)c(OC)c1. The molecular weight excluding hydrogens is 372 g/mol. The van der Waals surface area contributed by atoms with Crippen LogP contribution in [0.25, 0.3) is 0 Å². The second kappa shape index (κ2) is 6.34. The van der Waals surface area contributed by atoms with Crippen LogP contribution in [0.5, 0.6) is 11.5 Å². The molecule has 6 rings (SSSR count). The maximum Gasteiger partial charge on any atom is 0.247 e. The van der Waals surface area contributed by atoms with Crippen LogP contribution in [-0.2, 0) is 14.4 Å². The van der Waals surface area contributed by atoms with Crippen molar-refractivity contribution in [1.29, 1.82) is 0 Å². The standard InChI is InChI=1S/C22H24N2O5/c1-10(20(25)23-16-7-4-11(28-2)8-17(16)29-3)24-21(26)18-12-5-6-13(15-9-14(12)15)19(18)22(24)27/h4-8,10,12-15,18-19H,9H2,1-3H3,(H,23,25)/t10-,12-,13-,14-,15-,18+,19+/m1/s1. The molecule has 3 amide bonds. The van der Waals surface area contributed by atoms with E-state index < -0.39 is 11.9 Å². The fraction of sp³-hybridized carbons (Fsp3) is 0.500. The van der Waals surface area contributed by atoms with Gasteiger partial charge in [-0.15, -0.1) is 0 Å². The van der Waals surface area contributed by atoms with Crippen LogP contribution in [0.1, 0.15) is 13.3 Å². The van der Waals surface area contributed by atoms with Crippen LogP contribution in [0.2, 0.25) is 0 Å². The minimum atomic E-state index is -0.886. The van der Waals surface area contributed by atoms with Crippen LogP contribution < -0.4 is 14.8 Å². The van der Waals surface area contributed by atoms with E-state index >= 15 is 0 Å². The number of anilines is 1. The number of methoxy groups -OCH3 is 2. The van der Waals surface area contributed by atoms with E-state index in [0.717, 1.165) is 6.42 Å². The number of imide groups is 1. The third kappa shape index (κ3) is 2.52. The molecule has 29 heavy (non-hydrogen) atoms. The molecule has 0 spiro atoms. The van der Waals surface area contributed by atoms with E-state index in [4.69, 9.17) is 9.47 Å². The predicted octanol–water partition coefficient (Wildman–Crippen LogP) is 2.08. The molecule has 0 unspecified atom stereocenters. The van der Waals surface area contributed by atoms with Gasteiger partial charge in [-0.2, -0.15) is 0 Å². The average molecular weight is 396 g/mol. The van der Waals surface area contributed by atoms with Crippen LogP contribution in [-0.4, -0.2) is 42.9 Å². The number of hydrogen-bond donors (Lipinski definition) is 1. The van der Waals surface area contributed by atoms with Crippen molar-refractivity contribution in [3.8, 4) is 11.5 Å². The highest BCUT2D eigenvalue weighted by molar-refractivity contribution is 6.10. The highest BCUT2D eigenvalue weighted by Gasteiger charge is 2.67. The molecular formula is C22H24N2O5. The number of hydrogen-bond acceptors (Lipinski definition) is 5. The minimum absolute atomic E-state index is 0.147. The quantitative estimate of drug-likeness (QED) is 0.609. The van der Waals surface area contributed by atoms with Crippen molar-refractivity contribution in [2.75, 3.05) is 19.5 Å². The minimum Gasteiger partial charge on any atom is -0.497 e. The molecule has 1 saturated heterocycles. The maximum absolute atomic E-state index is 13.2. The Morgan fingerprint density at radius 3 is 2.24 bits per heavy atom. The lowest BCUT2D eigenvalue weighted by Gasteiger charge is -2.37. The molecule has 0 radical (unpaired) electrons. The molecule has 1 aromatic carbocycles. The van der Waals surface area contributed by atoms with Gasteiger partial charge in [0.2, 0.25) is 17.7 Å². The normalized spacial score (nSPS) is 34.5. The summed E-state index contributed by atoms with van der Waals surface area (Å²) >= 11 is 0. The fourth-order valence-corrected chi connectivity index (χ4v) is 5.62. The van der Waals surface area contributed by atoms with Crippen LogP contribution in [0.3, 0.4) is 0 Å². The summed E-state index contributed by atoms with van der Waals surface area (Å²) in [6.07, 6.45) is 5.37. The lowest BCUT2D eigenvalue weighted by atomic mass is 9.63. The Morgan fingerprint density at radius 1 is 1.07 bits per heavy atom. The van der Waals surface area contributed by atoms with E-state index in [9.17, 15) is 14.4 Å². The number of allylic oxidation sites excluding steroid dienone is 2. The van der Waals surface area contributed by atoms with Gasteiger partial charge in [0.25, 0.3) is 0 Å². The van der Waals surface area contributed by atoms with Gasteiger partial charge in [0.1, 0.15) is 17.5 Å². The third-order valence-corrected chi connectivity index (χ3v) is 7.13. The summed E-state index contributed by atoms with van der Waals surface area (Å²) in [5, 5.41) is 2.79. The van der Waals surface area contributed by atoms with Gasteiger partial charge in [-0.3, -0.25) is 19.3 Å². The van der Waals surface area contributed by atoms with E-state index in [1.54, 1.807) is 32.2 Å². The van der Waals surface area contributed by atoms with Gasteiger partial charge in [-0.25, -0.2) is 0 Å². The van der Waals surface area contributed by atoms with Gasteiger partial charge in [-0.05, 0) is 49.1 Å². The maximum atomic E-state index is 13.2. The molecule has 7 atom stereocenters. The Bertz CT molecular complexity index is 905.